The van der Waals surface area contributed by atoms with E-state index in [-0.39, 0.29) is 17.9 Å². The number of hydrogen-bond donors (Lipinski definition) is 1. The van der Waals surface area contributed by atoms with Gasteiger partial charge in [0.1, 0.15) is 12.4 Å². The number of hydrogen-bond acceptors (Lipinski definition) is 2. The molecule has 0 heterocycles. The van der Waals surface area contributed by atoms with Crippen LogP contribution in [0.5, 0.6) is 5.75 Å². The highest BCUT2D eigenvalue weighted by Gasteiger charge is 2.30. The largest absolute Gasteiger partial charge is 0.489 e. The standard InChI is InChI=1S/C23H28F3NO2/c1-15-11-19(29-14-17-7-6-8-18(13-17)23(24,25)26)12-16(2)21(15)27-20(28)9-10-22(3,4)5/h6-8,11-13H,9-10,14H2,1-5H3,(H,27,28). The third-order valence-electron chi connectivity index (χ3n) is 4.53. The summed E-state index contributed by atoms with van der Waals surface area (Å²) in [6.07, 6.45) is -3.15. The summed E-state index contributed by atoms with van der Waals surface area (Å²) in [6.45, 7) is 10.0. The van der Waals surface area contributed by atoms with Crippen LogP contribution in [0.25, 0.3) is 0 Å². The molecular formula is C23H28F3NO2. The Hall–Kier alpha value is -2.50. The minimum Gasteiger partial charge on any atom is -0.489 e. The number of aryl methyl sites for hydroxylation is 2. The van der Waals surface area contributed by atoms with Gasteiger partial charge in [-0.1, -0.05) is 32.9 Å². The van der Waals surface area contributed by atoms with Gasteiger partial charge in [0.15, 0.2) is 0 Å². The van der Waals surface area contributed by atoms with Crippen molar-refractivity contribution in [2.45, 2.75) is 60.2 Å². The average Bonchev–Trinajstić information content (AvgIpc) is 2.60. The Morgan fingerprint density at radius 2 is 1.66 bits per heavy atom. The van der Waals surface area contributed by atoms with Crippen molar-refractivity contribution in [3.8, 4) is 5.75 Å². The number of alkyl halides is 3. The zero-order chi connectivity index (χ0) is 21.8. The molecule has 0 aliphatic heterocycles. The van der Waals surface area contributed by atoms with Crippen LogP contribution in [0, 0.1) is 19.3 Å². The van der Waals surface area contributed by atoms with Crippen LogP contribution >= 0.6 is 0 Å². The van der Waals surface area contributed by atoms with Crippen LogP contribution in [-0.2, 0) is 17.6 Å². The van der Waals surface area contributed by atoms with Gasteiger partial charge in [-0.05, 0) is 66.6 Å². The van der Waals surface area contributed by atoms with E-state index >= 15 is 0 Å². The van der Waals surface area contributed by atoms with E-state index in [0.717, 1.165) is 35.4 Å². The molecule has 0 saturated carbocycles. The van der Waals surface area contributed by atoms with Gasteiger partial charge in [0, 0.05) is 12.1 Å². The molecule has 0 fully saturated rings. The maximum Gasteiger partial charge on any atom is 0.416 e. The highest BCUT2D eigenvalue weighted by atomic mass is 19.4. The van der Waals surface area contributed by atoms with E-state index < -0.39 is 11.7 Å². The summed E-state index contributed by atoms with van der Waals surface area (Å²) in [6, 6.07) is 8.64. The molecule has 0 aromatic heterocycles. The van der Waals surface area contributed by atoms with Gasteiger partial charge in [-0.3, -0.25) is 4.79 Å². The molecule has 2 aromatic carbocycles. The van der Waals surface area contributed by atoms with Gasteiger partial charge in [-0.2, -0.15) is 13.2 Å². The molecule has 6 heteroatoms. The molecule has 3 nitrogen and oxygen atoms in total. The first-order valence-corrected chi connectivity index (χ1v) is 9.55. The Kier molecular flexibility index (Phi) is 6.98. The van der Waals surface area contributed by atoms with Crippen molar-refractivity contribution >= 4 is 11.6 Å². The second-order valence-electron chi connectivity index (χ2n) is 8.53. The minimum absolute atomic E-state index is 0.0279. The zero-order valence-corrected chi connectivity index (χ0v) is 17.5. The van der Waals surface area contributed by atoms with Gasteiger partial charge in [-0.25, -0.2) is 0 Å². The minimum atomic E-state index is -4.38. The normalized spacial score (nSPS) is 12.0. The van der Waals surface area contributed by atoms with Crippen molar-refractivity contribution in [1.82, 2.24) is 0 Å². The van der Waals surface area contributed by atoms with Crippen LogP contribution in [0.15, 0.2) is 36.4 Å². The summed E-state index contributed by atoms with van der Waals surface area (Å²) in [5.41, 5.74) is 2.26. The van der Waals surface area contributed by atoms with Crippen LogP contribution in [0.1, 0.15) is 55.9 Å². The van der Waals surface area contributed by atoms with E-state index in [1.54, 1.807) is 18.2 Å². The molecule has 0 radical (unpaired) electrons. The number of anilines is 1. The first kappa shape index (κ1) is 22.8. The van der Waals surface area contributed by atoms with Gasteiger partial charge in [0.25, 0.3) is 0 Å². The van der Waals surface area contributed by atoms with E-state index in [4.69, 9.17) is 4.74 Å². The number of halogens is 3. The van der Waals surface area contributed by atoms with Crippen LogP contribution in [0.2, 0.25) is 0 Å². The van der Waals surface area contributed by atoms with Gasteiger partial charge in [0.05, 0.1) is 5.56 Å². The van der Waals surface area contributed by atoms with Crippen LogP contribution < -0.4 is 10.1 Å². The van der Waals surface area contributed by atoms with Gasteiger partial charge >= 0.3 is 6.18 Å². The molecule has 0 saturated heterocycles. The molecule has 1 amide bonds. The molecule has 0 aliphatic carbocycles. The van der Waals surface area contributed by atoms with Gasteiger partial charge < -0.3 is 10.1 Å². The van der Waals surface area contributed by atoms with Gasteiger partial charge in [-0.15, -0.1) is 0 Å². The molecule has 0 unspecified atom stereocenters. The van der Waals surface area contributed by atoms with E-state index in [9.17, 15) is 18.0 Å². The maximum absolute atomic E-state index is 12.8. The lowest BCUT2D eigenvalue weighted by Crippen LogP contribution is -2.16. The van der Waals surface area contributed by atoms with Crippen molar-refractivity contribution in [2.24, 2.45) is 5.41 Å². The lowest BCUT2D eigenvalue weighted by molar-refractivity contribution is -0.137. The topological polar surface area (TPSA) is 38.3 Å². The molecule has 0 bridgehead atoms. The number of rotatable bonds is 6. The van der Waals surface area contributed by atoms with Gasteiger partial charge in [0.2, 0.25) is 5.91 Å². The number of carbonyl (C=O) groups is 1. The third-order valence-corrected chi connectivity index (χ3v) is 4.53. The lowest BCUT2D eigenvalue weighted by atomic mass is 9.90. The third kappa shape index (κ3) is 7.11. The second-order valence-corrected chi connectivity index (χ2v) is 8.53. The van der Waals surface area contributed by atoms with Crippen LogP contribution in [0.3, 0.4) is 0 Å². The fourth-order valence-corrected chi connectivity index (χ4v) is 2.90. The fraction of sp³-hybridized carbons (Fsp3) is 0.435. The highest BCUT2D eigenvalue weighted by molar-refractivity contribution is 5.92. The smallest absolute Gasteiger partial charge is 0.416 e. The summed E-state index contributed by atoms with van der Waals surface area (Å²) >= 11 is 0. The predicted octanol–water partition coefficient (Wildman–Crippen LogP) is 6.67. The number of benzene rings is 2. The molecule has 158 valence electrons. The molecule has 0 aliphatic rings. The highest BCUT2D eigenvalue weighted by Crippen LogP contribution is 2.31. The number of nitrogens with one attached hydrogen (secondary N) is 1. The first-order valence-electron chi connectivity index (χ1n) is 9.55. The molecule has 2 rings (SSSR count). The van der Waals surface area contributed by atoms with Crippen molar-refractivity contribution in [1.29, 1.82) is 0 Å². The Morgan fingerprint density at radius 1 is 1.03 bits per heavy atom. The van der Waals surface area contributed by atoms with E-state index in [0.29, 0.717) is 17.7 Å². The average molecular weight is 407 g/mol. The number of carbonyl (C=O) groups excluding carboxylic acids is 1. The predicted molar refractivity (Wildman–Crippen MR) is 109 cm³/mol. The van der Waals surface area contributed by atoms with Crippen molar-refractivity contribution in [3.05, 3.63) is 58.7 Å². The summed E-state index contributed by atoms with van der Waals surface area (Å²) in [7, 11) is 0. The zero-order valence-electron chi connectivity index (χ0n) is 17.5. The Balaban J connectivity index is 2.05. The molecule has 1 N–H and O–H groups in total. The molecule has 29 heavy (non-hydrogen) atoms. The number of ether oxygens (including phenoxy) is 1. The van der Waals surface area contributed by atoms with Crippen LogP contribution in [-0.4, -0.2) is 5.91 Å². The SMILES string of the molecule is Cc1cc(OCc2cccc(C(F)(F)F)c2)cc(C)c1NC(=O)CCC(C)(C)C. The monoisotopic (exact) mass is 407 g/mol. The quantitative estimate of drug-likeness (QED) is 0.581. The first-order chi connectivity index (χ1) is 13.3. The van der Waals surface area contributed by atoms with Crippen molar-refractivity contribution < 1.29 is 22.7 Å². The number of amides is 1. The lowest BCUT2D eigenvalue weighted by Gasteiger charge is -2.18. The fourth-order valence-electron chi connectivity index (χ4n) is 2.90. The second kappa shape index (κ2) is 8.89. The molecule has 0 atom stereocenters. The summed E-state index contributed by atoms with van der Waals surface area (Å²) in [4.78, 5) is 12.2. The Labute approximate surface area is 170 Å². The Bertz CT molecular complexity index is 844. The van der Waals surface area contributed by atoms with Crippen LogP contribution in [0.4, 0.5) is 18.9 Å². The molecule has 2 aromatic rings. The van der Waals surface area contributed by atoms with Crippen molar-refractivity contribution in [2.75, 3.05) is 5.32 Å². The molecular weight excluding hydrogens is 379 g/mol. The van der Waals surface area contributed by atoms with E-state index in [1.807, 2.05) is 13.8 Å². The maximum atomic E-state index is 12.8. The summed E-state index contributed by atoms with van der Waals surface area (Å²) in [5, 5.41) is 2.96. The van der Waals surface area contributed by atoms with E-state index in [2.05, 4.69) is 26.1 Å². The van der Waals surface area contributed by atoms with E-state index in [1.165, 1.54) is 6.07 Å². The molecule has 0 spiro atoms. The van der Waals surface area contributed by atoms with Crippen molar-refractivity contribution in [3.63, 3.8) is 0 Å². The summed E-state index contributed by atoms with van der Waals surface area (Å²) in [5.74, 6) is 0.508. The Morgan fingerprint density at radius 3 is 2.21 bits per heavy atom. The summed E-state index contributed by atoms with van der Waals surface area (Å²) < 4.78 is 44.2.